The zero-order valence-corrected chi connectivity index (χ0v) is 14.7. The van der Waals surface area contributed by atoms with Gasteiger partial charge in [-0.05, 0) is 57.0 Å². The molecule has 0 fully saturated rings. The fraction of sp³-hybridized carbons (Fsp3) is 0.368. The van der Waals surface area contributed by atoms with E-state index in [4.69, 9.17) is 4.74 Å². The average molecular weight is 327 g/mol. The van der Waals surface area contributed by atoms with E-state index in [9.17, 15) is 4.79 Å². The van der Waals surface area contributed by atoms with Gasteiger partial charge in [0.1, 0.15) is 5.60 Å². The highest BCUT2D eigenvalue weighted by atomic mass is 16.6. The van der Waals surface area contributed by atoms with Gasteiger partial charge in [0.05, 0.1) is 6.04 Å². The van der Waals surface area contributed by atoms with Gasteiger partial charge < -0.3 is 15.4 Å². The van der Waals surface area contributed by atoms with Crippen LogP contribution in [-0.2, 0) is 11.3 Å². The first-order valence-electron chi connectivity index (χ1n) is 8.06. The monoisotopic (exact) mass is 327 g/mol. The summed E-state index contributed by atoms with van der Waals surface area (Å²) in [7, 11) is 0. The molecular weight excluding hydrogens is 302 g/mol. The number of rotatable bonds is 5. The van der Waals surface area contributed by atoms with E-state index in [0.717, 1.165) is 16.8 Å². The van der Waals surface area contributed by atoms with Crippen molar-refractivity contribution in [2.24, 2.45) is 0 Å². The second-order valence-corrected chi connectivity index (χ2v) is 6.71. The molecule has 0 aliphatic heterocycles. The summed E-state index contributed by atoms with van der Waals surface area (Å²) in [5, 5.41) is 6.22. The molecule has 0 aliphatic carbocycles. The minimum Gasteiger partial charge on any atom is -0.444 e. The van der Waals surface area contributed by atoms with E-state index in [1.807, 2.05) is 70.3 Å². The van der Waals surface area contributed by atoms with Crippen molar-refractivity contribution >= 4 is 11.8 Å². The van der Waals surface area contributed by atoms with Gasteiger partial charge in [-0.1, -0.05) is 18.2 Å². The number of carbonyl (C=O) groups is 1. The van der Waals surface area contributed by atoms with Crippen LogP contribution in [0.5, 0.6) is 0 Å². The number of pyridine rings is 1. The Kier molecular flexibility index (Phi) is 5.79. The van der Waals surface area contributed by atoms with Gasteiger partial charge in [0.25, 0.3) is 0 Å². The minimum atomic E-state index is -0.503. The molecule has 2 rings (SSSR count). The van der Waals surface area contributed by atoms with Crippen LogP contribution in [0, 0.1) is 0 Å². The number of ether oxygens (including phenoxy) is 1. The minimum absolute atomic E-state index is 0.139. The average Bonchev–Trinajstić information content (AvgIpc) is 2.52. The van der Waals surface area contributed by atoms with Gasteiger partial charge in [-0.3, -0.25) is 4.98 Å². The Morgan fingerprint density at radius 1 is 1.25 bits per heavy atom. The largest absolute Gasteiger partial charge is 0.444 e. The van der Waals surface area contributed by atoms with Crippen molar-refractivity contribution < 1.29 is 9.53 Å². The van der Waals surface area contributed by atoms with Gasteiger partial charge in [-0.25, -0.2) is 4.79 Å². The molecule has 0 bridgehead atoms. The summed E-state index contributed by atoms with van der Waals surface area (Å²) in [6.45, 7) is 8.18. The number of nitrogens with zero attached hydrogens (tertiary/aromatic N) is 1. The third kappa shape index (κ3) is 5.91. The standard InChI is InChI=1S/C19H25N3O2/c1-14(22-18(23)24-19(2,3)4)16-8-5-9-17(11-16)21-13-15-7-6-10-20-12-15/h5-12,14,21H,13H2,1-4H3,(H,22,23). The second kappa shape index (κ2) is 7.81. The number of hydrogen-bond acceptors (Lipinski definition) is 4. The Labute approximate surface area is 143 Å². The van der Waals surface area contributed by atoms with E-state index < -0.39 is 11.7 Å². The van der Waals surface area contributed by atoms with Crippen LogP contribution in [0.25, 0.3) is 0 Å². The summed E-state index contributed by atoms with van der Waals surface area (Å²) >= 11 is 0. The molecule has 1 heterocycles. The molecule has 1 aromatic carbocycles. The predicted molar refractivity (Wildman–Crippen MR) is 95.8 cm³/mol. The van der Waals surface area contributed by atoms with Crippen molar-refractivity contribution in [2.45, 2.75) is 45.9 Å². The molecule has 0 saturated heterocycles. The third-order valence-electron chi connectivity index (χ3n) is 3.34. The smallest absolute Gasteiger partial charge is 0.408 e. The Morgan fingerprint density at radius 3 is 2.71 bits per heavy atom. The van der Waals surface area contributed by atoms with E-state index >= 15 is 0 Å². The van der Waals surface area contributed by atoms with Crippen molar-refractivity contribution in [1.82, 2.24) is 10.3 Å². The molecule has 2 aromatic rings. The van der Waals surface area contributed by atoms with Gasteiger partial charge in [0.15, 0.2) is 0 Å². The quantitative estimate of drug-likeness (QED) is 0.860. The molecular formula is C19H25N3O2. The lowest BCUT2D eigenvalue weighted by Gasteiger charge is -2.22. The molecule has 1 atom stereocenters. The lowest BCUT2D eigenvalue weighted by atomic mass is 10.1. The molecule has 128 valence electrons. The van der Waals surface area contributed by atoms with Crippen LogP contribution < -0.4 is 10.6 Å². The van der Waals surface area contributed by atoms with Crippen LogP contribution in [0.15, 0.2) is 48.8 Å². The molecule has 5 heteroatoms. The van der Waals surface area contributed by atoms with Crippen molar-refractivity contribution in [3.8, 4) is 0 Å². The molecule has 0 spiro atoms. The Bertz CT molecular complexity index is 666. The molecule has 24 heavy (non-hydrogen) atoms. The van der Waals surface area contributed by atoms with Crippen molar-refractivity contribution in [3.05, 3.63) is 59.9 Å². The molecule has 1 aromatic heterocycles. The number of nitrogens with one attached hydrogen (secondary N) is 2. The molecule has 0 saturated carbocycles. The number of hydrogen-bond donors (Lipinski definition) is 2. The first-order chi connectivity index (χ1) is 11.3. The van der Waals surface area contributed by atoms with Crippen LogP contribution in [0.4, 0.5) is 10.5 Å². The lowest BCUT2D eigenvalue weighted by molar-refractivity contribution is 0.0508. The zero-order chi connectivity index (χ0) is 17.6. The first-order valence-corrected chi connectivity index (χ1v) is 8.06. The number of alkyl carbamates (subject to hydrolysis) is 1. The van der Waals surface area contributed by atoms with Crippen LogP contribution in [-0.4, -0.2) is 16.7 Å². The van der Waals surface area contributed by atoms with Crippen LogP contribution in [0.1, 0.15) is 44.9 Å². The zero-order valence-electron chi connectivity index (χ0n) is 14.7. The fourth-order valence-electron chi connectivity index (χ4n) is 2.19. The molecule has 5 nitrogen and oxygen atoms in total. The number of amides is 1. The molecule has 0 aliphatic rings. The van der Waals surface area contributed by atoms with E-state index in [0.29, 0.717) is 6.54 Å². The van der Waals surface area contributed by atoms with E-state index in [1.165, 1.54) is 0 Å². The van der Waals surface area contributed by atoms with Gasteiger partial charge in [0.2, 0.25) is 0 Å². The maximum absolute atomic E-state index is 11.9. The van der Waals surface area contributed by atoms with Crippen LogP contribution in [0.3, 0.4) is 0 Å². The molecule has 1 unspecified atom stereocenters. The highest BCUT2D eigenvalue weighted by Gasteiger charge is 2.18. The number of benzene rings is 1. The van der Waals surface area contributed by atoms with Gasteiger partial charge in [0, 0.05) is 24.6 Å². The van der Waals surface area contributed by atoms with Crippen molar-refractivity contribution in [1.29, 1.82) is 0 Å². The lowest BCUT2D eigenvalue weighted by Crippen LogP contribution is -2.34. The molecule has 2 N–H and O–H groups in total. The van der Waals surface area contributed by atoms with E-state index in [2.05, 4.69) is 15.6 Å². The van der Waals surface area contributed by atoms with Crippen molar-refractivity contribution in [2.75, 3.05) is 5.32 Å². The maximum atomic E-state index is 11.9. The number of anilines is 1. The summed E-state index contributed by atoms with van der Waals surface area (Å²) in [6.07, 6.45) is 3.18. The van der Waals surface area contributed by atoms with E-state index in [1.54, 1.807) is 6.20 Å². The second-order valence-electron chi connectivity index (χ2n) is 6.71. The van der Waals surface area contributed by atoms with Crippen LogP contribution in [0.2, 0.25) is 0 Å². The number of aromatic nitrogens is 1. The Hall–Kier alpha value is -2.56. The SMILES string of the molecule is CC(NC(=O)OC(C)(C)C)c1cccc(NCc2cccnc2)c1. The highest BCUT2D eigenvalue weighted by molar-refractivity contribution is 5.68. The van der Waals surface area contributed by atoms with Gasteiger partial charge >= 0.3 is 6.09 Å². The fourth-order valence-corrected chi connectivity index (χ4v) is 2.19. The predicted octanol–water partition coefficient (Wildman–Crippen LogP) is 4.28. The summed E-state index contributed by atoms with van der Waals surface area (Å²) in [5.74, 6) is 0. The van der Waals surface area contributed by atoms with Crippen molar-refractivity contribution in [3.63, 3.8) is 0 Å². The number of carbonyl (C=O) groups excluding carboxylic acids is 1. The molecule has 1 amide bonds. The van der Waals surface area contributed by atoms with E-state index in [-0.39, 0.29) is 6.04 Å². The van der Waals surface area contributed by atoms with Gasteiger partial charge in [-0.15, -0.1) is 0 Å². The first kappa shape index (κ1) is 17.8. The Morgan fingerprint density at radius 2 is 2.04 bits per heavy atom. The normalized spacial score (nSPS) is 12.3. The summed E-state index contributed by atoms with van der Waals surface area (Å²) in [5.41, 5.74) is 2.62. The Balaban J connectivity index is 1.95. The topological polar surface area (TPSA) is 63.2 Å². The summed E-state index contributed by atoms with van der Waals surface area (Å²) in [6, 6.07) is 11.8. The summed E-state index contributed by atoms with van der Waals surface area (Å²) in [4.78, 5) is 16.0. The maximum Gasteiger partial charge on any atom is 0.408 e. The molecule has 0 radical (unpaired) electrons. The highest BCUT2D eigenvalue weighted by Crippen LogP contribution is 2.19. The third-order valence-corrected chi connectivity index (χ3v) is 3.34. The summed E-state index contributed by atoms with van der Waals surface area (Å²) < 4.78 is 5.29. The van der Waals surface area contributed by atoms with Crippen LogP contribution >= 0.6 is 0 Å². The van der Waals surface area contributed by atoms with Gasteiger partial charge in [-0.2, -0.15) is 0 Å².